The van der Waals surface area contributed by atoms with E-state index >= 15 is 0 Å². The van der Waals surface area contributed by atoms with Crippen LogP contribution < -0.4 is 9.80 Å². The summed E-state index contributed by atoms with van der Waals surface area (Å²) in [5.41, 5.74) is 0.836. The van der Waals surface area contributed by atoms with E-state index in [1.54, 1.807) is 0 Å². The zero-order valence-corrected chi connectivity index (χ0v) is 17.7. The molecule has 7 nitrogen and oxygen atoms in total. The normalized spacial score (nSPS) is 20.5. The van der Waals surface area contributed by atoms with Gasteiger partial charge in [-0.15, -0.1) is 21.5 Å². The first-order valence-corrected chi connectivity index (χ1v) is 10.9. The SMILES string of the molecule is Cc1nc(C)c(C(=O)N2CCN(c3ccc(N4CCCCC4C)nn3)CC2)s1. The van der Waals surface area contributed by atoms with Crippen LogP contribution in [0.2, 0.25) is 0 Å². The van der Waals surface area contributed by atoms with Gasteiger partial charge in [-0.2, -0.15) is 0 Å². The Hall–Kier alpha value is -2.22. The number of hydrogen-bond donors (Lipinski definition) is 0. The molecule has 0 aliphatic carbocycles. The van der Waals surface area contributed by atoms with Gasteiger partial charge in [0.2, 0.25) is 0 Å². The van der Waals surface area contributed by atoms with E-state index in [1.807, 2.05) is 18.7 Å². The predicted molar refractivity (Wildman–Crippen MR) is 112 cm³/mol. The number of piperidine rings is 1. The van der Waals surface area contributed by atoms with Gasteiger partial charge in [-0.25, -0.2) is 4.98 Å². The monoisotopic (exact) mass is 400 g/mol. The Bertz CT molecular complexity index is 828. The first-order chi connectivity index (χ1) is 13.5. The van der Waals surface area contributed by atoms with Gasteiger partial charge in [-0.3, -0.25) is 4.79 Å². The van der Waals surface area contributed by atoms with E-state index in [-0.39, 0.29) is 5.91 Å². The molecular weight excluding hydrogens is 372 g/mol. The summed E-state index contributed by atoms with van der Waals surface area (Å²) in [6, 6.07) is 4.69. The summed E-state index contributed by atoms with van der Waals surface area (Å²) in [5, 5.41) is 9.91. The van der Waals surface area contributed by atoms with Gasteiger partial charge in [0.15, 0.2) is 11.6 Å². The molecule has 2 saturated heterocycles. The van der Waals surface area contributed by atoms with Crippen LogP contribution >= 0.6 is 11.3 Å². The molecule has 1 unspecified atom stereocenters. The summed E-state index contributed by atoms with van der Waals surface area (Å²) in [4.78, 5) is 24.4. The molecule has 0 N–H and O–H groups in total. The Balaban J connectivity index is 1.37. The van der Waals surface area contributed by atoms with Crippen LogP contribution in [0, 0.1) is 13.8 Å². The lowest BCUT2D eigenvalue weighted by molar-refractivity contribution is 0.0750. The molecule has 0 bridgehead atoms. The van der Waals surface area contributed by atoms with Crippen molar-refractivity contribution in [2.75, 3.05) is 42.5 Å². The quantitative estimate of drug-likeness (QED) is 0.789. The maximum atomic E-state index is 12.8. The molecule has 150 valence electrons. The fourth-order valence-corrected chi connectivity index (χ4v) is 4.98. The van der Waals surface area contributed by atoms with E-state index in [9.17, 15) is 4.79 Å². The van der Waals surface area contributed by atoms with Gasteiger partial charge in [0.25, 0.3) is 5.91 Å². The summed E-state index contributed by atoms with van der Waals surface area (Å²) < 4.78 is 0. The number of hydrogen-bond acceptors (Lipinski definition) is 7. The number of carbonyl (C=O) groups is 1. The van der Waals surface area contributed by atoms with Crippen molar-refractivity contribution in [1.29, 1.82) is 0 Å². The number of carbonyl (C=O) groups excluding carboxylic acids is 1. The fraction of sp³-hybridized carbons (Fsp3) is 0.600. The first kappa shape index (κ1) is 19.1. The number of nitrogens with zero attached hydrogens (tertiary/aromatic N) is 6. The van der Waals surface area contributed by atoms with Crippen molar-refractivity contribution in [2.45, 2.75) is 46.1 Å². The third kappa shape index (κ3) is 3.83. The molecule has 2 aromatic rings. The average Bonchev–Trinajstić information content (AvgIpc) is 3.06. The highest BCUT2D eigenvalue weighted by molar-refractivity contribution is 7.13. The maximum Gasteiger partial charge on any atom is 0.265 e. The molecule has 28 heavy (non-hydrogen) atoms. The largest absolute Gasteiger partial charge is 0.352 e. The van der Waals surface area contributed by atoms with Crippen molar-refractivity contribution in [3.05, 3.63) is 27.7 Å². The van der Waals surface area contributed by atoms with Crippen molar-refractivity contribution in [3.63, 3.8) is 0 Å². The molecular formula is C20H28N6OS. The third-order valence-electron chi connectivity index (χ3n) is 5.72. The standard InChI is InChI=1S/C20H28N6OS/c1-14-6-4-5-9-26(14)18-8-7-17(22-23-18)24-10-12-25(13-11-24)20(27)19-15(2)21-16(3)28-19/h7-8,14H,4-6,9-13H2,1-3H3. The van der Waals surface area contributed by atoms with Crippen molar-refractivity contribution >= 4 is 28.9 Å². The zero-order valence-electron chi connectivity index (χ0n) is 16.9. The highest BCUT2D eigenvalue weighted by Crippen LogP contribution is 2.24. The fourth-order valence-electron chi connectivity index (χ4n) is 4.09. The third-order valence-corrected chi connectivity index (χ3v) is 6.78. The number of amides is 1. The second-order valence-electron chi connectivity index (χ2n) is 7.71. The molecule has 4 heterocycles. The Morgan fingerprint density at radius 3 is 2.36 bits per heavy atom. The summed E-state index contributed by atoms with van der Waals surface area (Å²) in [6.45, 7) is 10.1. The molecule has 2 aliphatic heterocycles. The minimum atomic E-state index is 0.100. The highest BCUT2D eigenvalue weighted by Gasteiger charge is 2.26. The second kappa shape index (κ2) is 8.03. The van der Waals surface area contributed by atoms with Crippen LogP contribution in [0.15, 0.2) is 12.1 Å². The average molecular weight is 401 g/mol. The lowest BCUT2D eigenvalue weighted by Gasteiger charge is -2.36. The number of aryl methyl sites for hydroxylation is 2. The van der Waals surface area contributed by atoms with Crippen molar-refractivity contribution in [1.82, 2.24) is 20.1 Å². The van der Waals surface area contributed by atoms with Gasteiger partial charge < -0.3 is 14.7 Å². The number of thiazole rings is 1. The number of rotatable bonds is 3. The number of piperazine rings is 1. The van der Waals surface area contributed by atoms with Crippen LogP contribution in [0.3, 0.4) is 0 Å². The molecule has 0 radical (unpaired) electrons. The Labute approximate surface area is 170 Å². The molecule has 2 fully saturated rings. The topological polar surface area (TPSA) is 65.5 Å². The van der Waals surface area contributed by atoms with Crippen LogP contribution in [0.1, 0.15) is 46.6 Å². The Morgan fingerprint density at radius 1 is 1.04 bits per heavy atom. The summed E-state index contributed by atoms with van der Waals surface area (Å²) >= 11 is 1.49. The second-order valence-corrected chi connectivity index (χ2v) is 8.92. The van der Waals surface area contributed by atoms with E-state index in [0.29, 0.717) is 19.1 Å². The van der Waals surface area contributed by atoms with Gasteiger partial charge >= 0.3 is 0 Å². The smallest absolute Gasteiger partial charge is 0.265 e. The zero-order chi connectivity index (χ0) is 19.7. The minimum absolute atomic E-state index is 0.100. The molecule has 1 atom stereocenters. The molecule has 4 rings (SSSR count). The highest BCUT2D eigenvalue weighted by atomic mass is 32.1. The van der Waals surface area contributed by atoms with E-state index in [0.717, 1.165) is 46.8 Å². The number of anilines is 2. The van der Waals surface area contributed by atoms with Crippen LogP contribution in [0.4, 0.5) is 11.6 Å². The van der Waals surface area contributed by atoms with Crippen LogP contribution in [-0.2, 0) is 0 Å². The van der Waals surface area contributed by atoms with Gasteiger partial charge in [0.05, 0.1) is 10.7 Å². The lowest BCUT2D eigenvalue weighted by atomic mass is 10.0. The van der Waals surface area contributed by atoms with Crippen molar-refractivity contribution in [3.8, 4) is 0 Å². The minimum Gasteiger partial charge on any atom is -0.352 e. The summed E-state index contributed by atoms with van der Waals surface area (Å²) in [7, 11) is 0. The lowest BCUT2D eigenvalue weighted by Crippen LogP contribution is -2.49. The van der Waals surface area contributed by atoms with Gasteiger partial charge in [-0.05, 0) is 52.2 Å². The van der Waals surface area contributed by atoms with Gasteiger partial charge in [0, 0.05) is 38.8 Å². The van der Waals surface area contributed by atoms with E-state index in [1.165, 1.54) is 30.6 Å². The first-order valence-electron chi connectivity index (χ1n) is 10.1. The van der Waals surface area contributed by atoms with Crippen LogP contribution in [-0.4, -0.2) is 64.8 Å². The Morgan fingerprint density at radius 2 is 1.75 bits per heavy atom. The molecule has 8 heteroatoms. The van der Waals surface area contributed by atoms with Crippen LogP contribution in [0.25, 0.3) is 0 Å². The number of aromatic nitrogens is 3. The predicted octanol–water partition coefficient (Wildman–Crippen LogP) is 2.89. The Kier molecular flexibility index (Phi) is 5.48. The molecule has 1 amide bonds. The summed E-state index contributed by atoms with van der Waals surface area (Å²) in [5.74, 6) is 1.97. The molecule has 0 saturated carbocycles. The van der Waals surface area contributed by atoms with E-state index < -0.39 is 0 Å². The molecule has 2 aromatic heterocycles. The van der Waals surface area contributed by atoms with E-state index in [2.05, 4.69) is 44.0 Å². The summed E-state index contributed by atoms with van der Waals surface area (Å²) in [6.07, 6.45) is 3.74. The molecule has 0 spiro atoms. The van der Waals surface area contributed by atoms with Gasteiger partial charge in [-0.1, -0.05) is 0 Å². The van der Waals surface area contributed by atoms with Crippen LogP contribution in [0.5, 0.6) is 0 Å². The molecule has 0 aromatic carbocycles. The van der Waals surface area contributed by atoms with E-state index in [4.69, 9.17) is 0 Å². The van der Waals surface area contributed by atoms with Crippen molar-refractivity contribution < 1.29 is 4.79 Å². The van der Waals surface area contributed by atoms with Gasteiger partial charge in [0.1, 0.15) is 4.88 Å². The maximum absolute atomic E-state index is 12.8. The molecule has 2 aliphatic rings. The van der Waals surface area contributed by atoms with Crippen molar-refractivity contribution in [2.24, 2.45) is 0 Å².